The lowest BCUT2D eigenvalue weighted by Crippen LogP contribution is -2.50. The molecular formula is C20H26N4O2. The van der Waals surface area contributed by atoms with Gasteiger partial charge in [0.2, 0.25) is 5.91 Å². The first kappa shape index (κ1) is 17.2. The van der Waals surface area contributed by atoms with Gasteiger partial charge in [-0.2, -0.15) is 0 Å². The molecule has 2 aliphatic heterocycles. The Morgan fingerprint density at radius 2 is 1.81 bits per heavy atom. The molecule has 3 heterocycles. The number of rotatable bonds is 4. The Kier molecular flexibility index (Phi) is 5.04. The van der Waals surface area contributed by atoms with E-state index in [2.05, 4.69) is 39.2 Å². The van der Waals surface area contributed by atoms with E-state index in [1.165, 1.54) is 11.1 Å². The van der Waals surface area contributed by atoms with Gasteiger partial charge in [-0.3, -0.25) is 14.6 Å². The van der Waals surface area contributed by atoms with E-state index in [1.54, 1.807) is 0 Å². The van der Waals surface area contributed by atoms with Crippen molar-refractivity contribution in [2.24, 2.45) is 0 Å². The second-order valence-corrected chi connectivity index (χ2v) is 7.32. The van der Waals surface area contributed by atoms with Crippen LogP contribution in [-0.4, -0.2) is 65.0 Å². The van der Waals surface area contributed by atoms with Crippen molar-refractivity contribution >= 4 is 5.91 Å². The van der Waals surface area contributed by atoms with Crippen LogP contribution in [0.15, 0.2) is 34.9 Å². The molecule has 1 aromatic heterocycles. The minimum absolute atomic E-state index is 0.250. The van der Waals surface area contributed by atoms with E-state index in [4.69, 9.17) is 4.52 Å². The second-order valence-electron chi connectivity index (χ2n) is 7.32. The van der Waals surface area contributed by atoms with E-state index in [0.29, 0.717) is 6.54 Å². The summed E-state index contributed by atoms with van der Waals surface area (Å²) in [5.41, 5.74) is 3.66. The predicted octanol–water partition coefficient (Wildman–Crippen LogP) is 1.69. The van der Waals surface area contributed by atoms with Crippen LogP contribution in [-0.2, 0) is 24.3 Å². The third-order valence-electron chi connectivity index (χ3n) is 5.37. The van der Waals surface area contributed by atoms with Gasteiger partial charge in [-0.25, -0.2) is 0 Å². The Bertz CT molecular complexity index is 765. The summed E-state index contributed by atoms with van der Waals surface area (Å²) in [6.45, 7) is 8.62. The maximum Gasteiger partial charge on any atom is 0.237 e. The van der Waals surface area contributed by atoms with Gasteiger partial charge in [-0.15, -0.1) is 0 Å². The van der Waals surface area contributed by atoms with E-state index >= 15 is 0 Å². The molecule has 2 aliphatic rings. The number of aryl methyl sites for hydroxylation is 1. The molecule has 0 bridgehead atoms. The van der Waals surface area contributed by atoms with Gasteiger partial charge in [0.15, 0.2) is 0 Å². The largest absolute Gasteiger partial charge is 0.361 e. The van der Waals surface area contributed by atoms with Crippen LogP contribution in [0.4, 0.5) is 0 Å². The lowest BCUT2D eigenvalue weighted by atomic mass is 10.00. The summed E-state index contributed by atoms with van der Waals surface area (Å²) in [6, 6.07) is 10.4. The van der Waals surface area contributed by atoms with Crippen LogP contribution in [0.2, 0.25) is 0 Å². The zero-order valence-electron chi connectivity index (χ0n) is 15.4. The number of aromatic nitrogens is 1. The van der Waals surface area contributed by atoms with Crippen molar-refractivity contribution < 1.29 is 9.32 Å². The Balaban J connectivity index is 1.25. The second kappa shape index (κ2) is 7.60. The fourth-order valence-electron chi connectivity index (χ4n) is 3.83. The highest BCUT2D eigenvalue weighted by Gasteiger charge is 2.24. The topological polar surface area (TPSA) is 52.8 Å². The van der Waals surface area contributed by atoms with Gasteiger partial charge >= 0.3 is 0 Å². The summed E-state index contributed by atoms with van der Waals surface area (Å²) in [4.78, 5) is 19.3. The average Bonchev–Trinajstić information content (AvgIpc) is 3.07. The number of hydrogen-bond acceptors (Lipinski definition) is 5. The number of benzene rings is 1. The number of carbonyl (C=O) groups is 1. The van der Waals surface area contributed by atoms with Crippen LogP contribution in [0, 0.1) is 6.92 Å². The highest BCUT2D eigenvalue weighted by Crippen LogP contribution is 2.19. The van der Waals surface area contributed by atoms with Crippen molar-refractivity contribution in [1.82, 2.24) is 19.9 Å². The van der Waals surface area contributed by atoms with E-state index < -0.39 is 0 Å². The molecule has 0 saturated carbocycles. The molecule has 1 amide bonds. The van der Waals surface area contributed by atoms with Gasteiger partial charge in [0.1, 0.15) is 5.76 Å². The number of amides is 1. The zero-order chi connectivity index (χ0) is 17.9. The van der Waals surface area contributed by atoms with Crippen molar-refractivity contribution in [2.45, 2.75) is 26.4 Å². The molecule has 0 unspecified atom stereocenters. The van der Waals surface area contributed by atoms with Crippen molar-refractivity contribution in [3.8, 4) is 0 Å². The number of carbonyl (C=O) groups excluding carboxylic acids is 1. The smallest absolute Gasteiger partial charge is 0.237 e. The number of hydrogen-bond donors (Lipinski definition) is 0. The molecular weight excluding hydrogens is 328 g/mol. The van der Waals surface area contributed by atoms with Gasteiger partial charge in [0, 0.05) is 51.9 Å². The summed E-state index contributed by atoms with van der Waals surface area (Å²) < 4.78 is 5.13. The lowest BCUT2D eigenvalue weighted by molar-refractivity contribution is -0.133. The lowest BCUT2D eigenvalue weighted by Gasteiger charge is -2.36. The molecule has 6 heteroatoms. The molecule has 1 aromatic carbocycles. The van der Waals surface area contributed by atoms with Crippen molar-refractivity contribution in [3.05, 3.63) is 52.9 Å². The number of nitrogens with zero attached hydrogens (tertiary/aromatic N) is 4. The van der Waals surface area contributed by atoms with Crippen molar-refractivity contribution in [3.63, 3.8) is 0 Å². The summed E-state index contributed by atoms with van der Waals surface area (Å²) >= 11 is 0. The minimum atomic E-state index is 0.250. The Morgan fingerprint density at radius 1 is 1.08 bits per heavy atom. The number of fused-ring (bicyclic) bond motifs is 1. The predicted molar refractivity (Wildman–Crippen MR) is 98.5 cm³/mol. The molecule has 0 radical (unpaired) electrons. The number of piperazine rings is 1. The molecule has 6 nitrogen and oxygen atoms in total. The first-order valence-corrected chi connectivity index (χ1v) is 9.39. The van der Waals surface area contributed by atoms with E-state index in [9.17, 15) is 4.79 Å². The first-order valence-electron chi connectivity index (χ1n) is 9.39. The molecule has 0 spiro atoms. The first-order chi connectivity index (χ1) is 12.7. The normalized spacial score (nSPS) is 18.7. The highest BCUT2D eigenvalue weighted by atomic mass is 16.5. The minimum Gasteiger partial charge on any atom is -0.361 e. The van der Waals surface area contributed by atoms with Gasteiger partial charge < -0.3 is 9.42 Å². The molecule has 2 aromatic rings. The Morgan fingerprint density at radius 3 is 2.54 bits per heavy atom. The van der Waals surface area contributed by atoms with Gasteiger partial charge in [0.05, 0.1) is 12.2 Å². The van der Waals surface area contributed by atoms with Gasteiger partial charge in [-0.05, 0) is 24.5 Å². The van der Waals surface area contributed by atoms with Crippen LogP contribution < -0.4 is 0 Å². The Hall–Kier alpha value is -2.18. The van der Waals surface area contributed by atoms with E-state index in [1.807, 2.05) is 17.9 Å². The molecule has 0 atom stereocenters. The van der Waals surface area contributed by atoms with Crippen LogP contribution in [0.5, 0.6) is 0 Å². The zero-order valence-corrected chi connectivity index (χ0v) is 15.4. The fourth-order valence-corrected chi connectivity index (χ4v) is 3.83. The summed E-state index contributed by atoms with van der Waals surface area (Å²) in [5, 5.41) is 4.07. The van der Waals surface area contributed by atoms with E-state index in [-0.39, 0.29) is 5.91 Å². The maximum atomic E-state index is 12.7. The average molecular weight is 354 g/mol. The molecule has 4 rings (SSSR count). The quantitative estimate of drug-likeness (QED) is 0.836. The van der Waals surface area contributed by atoms with Crippen LogP contribution >= 0.6 is 0 Å². The molecule has 1 saturated heterocycles. The van der Waals surface area contributed by atoms with Crippen molar-refractivity contribution in [1.29, 1.82) is 0 Å². The monoisotopic (exact) mass is 354 g/mol. The molecule has 0 aliphatic carbocycles. The molecule has 1 fully saturated rings. The summed E-state index contributed by atoms with van der Waals surface area (Å²) in [5.74, 6) is 1.10. The van der Waals surface area contributed by atoms with Gasteiger partial charge in [-0.1, -0.05) is 29.4 Å². The standard InChI is InChI=1S/C20H26N4O2/c1-16-12-19(21-26-16)14-22-8-10-23(11-9-22)15-20(25)24-7-6-17-4-2-3-5-18(17)13-24/h2-5,12H,6-11,13-15H2,1H3. The maximum absolute atomic E-state index is 12.7. The molecule has 0 N–H and O–H groups in total. The third kappa shape index (κ3) is 3.97. The van der Waals surface area contributed by atoms with Crippen LogP contribution in [0.3, 0.4) is 0 Å². The molecule has 138 valence electrons. The third-order valence-corrected chi connectivity index (χ3v) is 5.37. The fraction of sp³-hybridized carbons (Fsp3) is 0.500. The SMILES string of the molecule is Cc1cc(CN2CCN(CC(=O)N3CCc4ccccc4C3)CC2)no1. The van der Waals surface area contributed by atoms with Crippen molar-refractivity contribution in [2.75, 3.05) is 39.3 Å². The van der Waals surface area contributed by atoms with Gasteiger partial charge in [0.25, 0.3) is 0 Å². The summed E-state index contributed by atoms with van der Waals surface area (Å²) in [6.07, 6.45) is 0.965. The Labute approximate surface area is 154 Å². The molecule has 26 heavy (non-hydrogen) atoms. The summed E-state index contributed by atoms with van der Waals surface area (Å²) in [7, 11) is 0. The van der Waals surface area contributed by atoms with Crippen LogP contribution in [0.25, 0.3) is 0 Å². The van der Waals surface area contributed by atoms with E-state index in [0.717, 1.165) is 63.7 Å². The highest BCUT2D eigenvalue weighted by molar-refractivity contribution is 5.78. The van der Waals surface area contributed by atoms with Crippen LogP contribution in [0.1, 0.15) is 22.6 Å².